The largest absolute Gasteiger partial charge is 0.353 e. The molecule has 4 nitrogen and oxygen atoms in total. The fourth-order valence-electron chi connectivity index (χ4n) is 4.51. The number of carbonyl (C=O) groups excluding carboxylic acids is 1. The van der Waals surface area contributed by atoms with Crippen LogP contribution in [0.4, 0.5) is 0 Å². The van der Waals surface area contributed by atoms with Crippen molar-refractivity contribution >= 4 is 5.91 Å². The van der Waals surface area contributed by atoms with E-state index in [4.69, 9.17) is 0 Å². The van der Waals surface area contributed by atoms with Gasteiger partial charge in [-0.3, -0.25) is 9.69 Å². The third-order valence-electron chi connectivity index (χ3n) is 6.25. The second-order valence-electron chi connectivity index (χ2n) is 8.38. The van der Waals surface area contributed by atoms with Gasteiger partial charge in [0.15, 0.2) is 0 Å². The molecule has 2 aliphatic heterocycles. The Morgan fingerprint density at radius 3 is 2.81 bits per heavy atom. The summed E-state index contributed by atoms with van der Waals surface area (Å²) in [4.78, 5) is 15.0. The minimum Gasteiger partial charge on any atom is -0.353 e. The summed E-state index contributed by atoms with van der Waals surface area (Å²) in [5.74, 6) is 1.37. The number of hydrogen-bond donors (Lipinski definition) is 2. The van der Waals surface area contributed by atoms with Gasteiger partial charge in [-0.25, -0.2) is 0 Å². The normalized spacial score (nSPS) is 28.5. The number of rotatable bonds is 6. The first-order valence-electron chi connectivity index (χ1n) is 10.4. The minimum absolute atomic E-state index is 0.247. The number of benzene rings is 1. The average Bonchev–Trinajstić information content (AvgIpc) is 2.65. The zero-order chi connectivity index (χ0) is 18.4. The van der Waals surface area contributed by atoms with Crippen molar-refractivity contribution in [1.82, 2.24) is 15.5 Å². The standard InChI is InChI=1S/C22H35N3O/c1-17(20-9-6-11-23-15-20)13-22(26)24-21-10-12-25(18(2)14-21)16-19-7-4-3-5-8-19/h3-5,7-8,17-18,20-21,23H,6,9-16H2,1-2H3,(H,24,26). The van der Waals surface area contributed by atoms with Gasteiger partial charge in [0.25, 0.3) is 0 Å². The van der Waals surface area contributed by atoms with E-state index in [0.29, 0.717) is 30.3 Å². The number of amides is 1. The topological polar surface area (TPSA) is 44.4 Å². The van der Waals surface area contributed by atoms with Crippen molar-refractivity contribution in [3.8, 4) is 0 Å². The summed E-state index contributed by atoms with van der Waals surface area (Å²) in [7, 11) is 0. The third-order valence-corrected chi connectivity index (χ3v) is 6.25. The van der Waals surface area contributed by atoms with Gasteiger partial charge in [-0.15, -0.1) is 0 Å². The summed E-state index contributed by atoms with van der Waals surface area (Å²) in [5, 5.41) is 6.78. The molecule has 4 atom stereocenters. The average molecular weight is 358 g/mol. The smallest absolute Gasteiger partial charge is 0.220 e. The van der Waals surface area contributed by atoms with Crippen molar-refractivity contribution in [2.75, 3.05) is 19.6 Å². The number of nitrogens with zero attached hydrogens (tertiary/aromatic N) is 1. The van der Waals surface area contributed by atoms with E-state index in [9.17, 15) is 4.79 Å². The molecule has 3 rings (SSSR count). The molecule has 1 aromatic carbocycles. The van der Waals surface area contributed by atoms with Crippen LogP contribution in [0.15, 0.2) is 30.3 Å². The molecule has 2 fully saturated rings. The van der Waals surface area contributed by atoms with Gasteiger partial charge >= 0.3 is 0 Å². The molecule has 2 N–H and O–H groups in total. The predicted octanol–water partition coefficient (Wildman–Crippen LogP) is 3.18. The highest BCUT2D eigenvalue weighted by Crippen LogP contribution is 2.23. The van der Waals surface area contributed by atoms with Crippen LogP contribution in [0.25, 0.3) is 0 Å². The van der Waals surface area contributed by atoms with Crippen molar-refractivity contribution in [3.63, 3.8) is 0 Å². The first-order chi connectivity index (χ1) is 12.6. The molecule has 0 aliphatic carbocycles. The van der Waals surface area contributed by atoms with Gasteiger partial charge in [-0.05, 0) is 63.1 Å². The summed E-state index contributed by atoms with van der Waals surface area (Å²) in [6, 6.07) is 11.5. The summed E-state index contributed by atoms with van der Waals surface area (Å²) in [6.07, 6.45) is 5.29. The molecule has 26 heavy (non-hydrogen) atoms. The Labute approximate surface area is 158 Å². The molecule has 2 saturated heterocycles. The molecule has 4 heteroatoms. The van der Waals surface area contributed by atoms with Crippen molar-refractivity contribution < 1.29 is 4.79 Å². The van der Waals surface area contributed by atoms with Crippen LogP contribution in [0, 0.1) is 11.8 Å². The summed E-state index contributed by atoms with van der Waals surface area (Å²) in [6.45, 7) is 8.80. The van der Waals surface area contributed by atoms with Crippen LogP contribution in [0.1, 0.15) is 51.5 Å². The number of hydrogen-bond acceptors (Lipinski definition) is 3. The fourth-order valence-corrected chi connectivity index (χ4v) is 4.51. The van der Waals surface area contributed by atoms with Crippen molar-refractivity contribution in [2.24, 2.45) is 11.8 Å². The van der Waals surface area contributed by atoms with Gasteiger partial charge in [0, 0.05) is 31.6 Å². The predicted molar refractivity (Wildman–Crippen MR) is 107 cm³/mol. The Hall–Kier alpha value is -1.39. The maximum Gasteiger partial charge on any atom is 0.220 e. The molecular formula is C22H35N3O. The number of nitrogens with one attached hydrogen (secondary N) is 2. The van der Waals surface area contributed by atoms with Crippen LogP contribution < -0.4 is 10.6 Å². The Balaban J connectivity index is 1.41. The van der Waals surface area contributed by atoms with Crippen molar-refractivity contribution in [3.05, 3.63) is 35.9 Å². The van der Waals surface area contributed by atoms with Crippen LogP contribution in [-0.4, -0.2) is 42.5 Å². The molecule has 0 saturated carbocycles. The molecular weight excluding hydrogens is 322 g/mol. The van der Waals surface area contributed by atoms with Crippen LogP contribution in [0.2, 0.25) is 0 Å². The lowest BCUT2D eigenvalue weighted by atomic mass is 9.85. The first kappa shape index (κ1) is 19.4. The maximum atomic E-state index is 12.5. The van der Waals surface area contributed by atoms with Gasteiger partial charge in [0.1, 0.15) is 0 Å². The minimum atomic E-state index is 0.247. The summed E-state index contributed by atoms with van der Waals surface area (Å²) >= 11 is 0. The Bertz CT molecular complexity index is 556. The van der Waals surface area contributed by atoms with E-state index in [1.165, 1.54) is 18.4 Å². The van der Waals surface area contributed by atoms with Gasteiger partial charge in [0.05, 0.1) is 0 Å². The molecule has 0 bridgehead atoms. The third kappa shape index (κ3) is 5.55. The second kappa shape index (κ2) is 9.52. The Kier molecular flexibility index (Phi) is 7.09. The van der Waals surface area contributed by atoms with E-state index in [0.717, 1.165) is 39.0 Å². The molecule has 0 aromatic heterocycles. The van der Waals surface area contributed by atoms with E-state index in [1.807, 2.05) is 0 Å². The lowest BCUT2D eigenvalue weighted by molar-refractivity contribution is -0.123. The van der Waals surface area contributed by atoms with E-state index >= 15 is 0 Å². The molecule has 4 unspecified atom stereocenters. The van der Waals surface area contributed by atoms with Crippen LogP contribution in [0.5, 0.6) is 0 Å². The van der Waals surface area contributed by atoms with E-state index in [1.54, 1.807) is 0 Å². The fraction of sp³-hybridized carbons (Fsp3) is 0.682. The van der Waals surface area contributed by atoms with Gasteiger partial charge < -0.3 is 10.6 Å². The zero-order valence-corrected chi connectivity index (χ0v) is 16.4. The van der Waals surface area contributed by atoms with E-state index in [2.05, 4.69) is 59.7 Å². The monoisotopic (exact) mass is 357 g/mol. The van der Waals surface area contributed by atoms with E-state index < -0.39 is 0 Å². The molecule has 0 spiro atoms. The highest BCUT2D eigenvalue weighted by atomic mass is 16.1. The summed E-state index contributed by atoms with van der Waals surface area (Å²) in [5.41, 5.74) is 1.37. The SMILES string of the molecule is CC(CC(=O)NC1CCN(Cc2ccccc2)C(C)C1)C1CCCNC1. The molecule has 144 valence electrons. The van der Waals surface area contributed by atoms with Crippen LogP contribution in [0.3, 0.4) is 0 Å². The molecule has 1 aromatic rings. The lowest BCUT2D eigenvalue weighted by Gasteiger charge is -2.38. The maximum absolute atomic E-state index is 12.5. The Morgan fingerprint density at radius 2 is 2.12 bits per heavy atom. The van der Waals surface area contributed by atoms with Crippen LogP contribution >= 0.6 is 0 Å². The quantitative estimate of drug-likeness (QED) is 0.822. The summed E-state index contributed by atoms with van der Waals surface area (Å²) < 4.78 is 0. The van der Waals surface area contributed by atoms with Gasteiger partial charge in [-0.1, -0.05) is 37.3 Å². The first-order valence-corrected chi connectivity index (χ1v) is 10.4. The van der Waals surface area contributed by atoms with Crippen molar-refractivity contribution in [2.45, 2.75) is 64.6 Å². The zero-order valence-electron chi connectivity index (χ0n) is 16.4. The number of carbonyl (C=O) groups is 1. The van der Waals surface area contributed by atoms with Gasteiger partial charge in [-0.2, -0.15) is 0 Å². The molecule has 1 amide bonds. The Morgan fingerprint density at radius 1 is 1.31 bits per heavy atom. The highest BCUT2D eigenvalue weighted by Gasteiger charge is 2.28. The van der Waals surface area contributed by atoms with Crippen LogP contribution in [-0.2, 0) is 11.3 Å². The number of likely N-dealkylation sites (tertiary alicyclic amines) is 1. The molecule has 2 aliphatic rings. The lowest BCUT2D eigenvalue weighted by Crippen LogP contribution is -2.48. The molecule has 0 radical (unpaired) electrons. The van der Waals surface area contributed by atoms with Gasteiger partial charge in [0.2, 0.25) is 5.91 Å². The van der Waals surface area contributed by atoms with Crippen molar-refractivity contribution in [1.29, 1.82) is 0 Å². The molecule has 2 heterocycles. The number of piperidine rings is 2. The second-order valence-corrected chi connectivity index (χ2v) is 8.38. The highest BCUT2D eigenvalue weighted by molar-refractivity contribution is 5.76. The van der Waals surface area contributed by atoms with E-state index in [-0.39, 0.29) is 5.91 Å².